The Morgan fingerprint density at radius 1 is 1.28 bits per heavy atom. The first-order valence-electron chi connectivity index (χ1n) is 8.03. The summed E-state index contributed by atoms with van der Waals surface area (Å²) in [6.07, 6.45) is 0.262. The largest absolute Gasteiger partial charge is 0.508 e. The number of rotatable bonds is 5. The SMILES string of the molecule is CC.Cc1cc(C[C@@H](N)C(=O)O)cc(I)c1Oc1cccc(O)c1C. The van der Waals surface area contributed by atoms with Crippen molar-refractivity contribution in [2.24, 2.45) is 5.73 Å². The molecule has 0 aliphatic rings. The minimum absolute atomic E-state index is 0.180. The Morgan fingerprint density at radius 2 is 1.92 bits per heavy atom. The van der Waals surface area contributed by atoms with Gasteiger partial charge in [0.05, 0.1) is 3.57 Å². The molecule has 0 amide bonds. The van der Waals surface area contributed by atoms with Crippen LogP contribution in [0, 0.1) is 17.4 Å². The highest BCUT2D eigenvalue weighted by Gasteiger charge is 2.16. The number of nitrogens with two attached hydrogens (primary N) is 1. The molecule has 2 aromatic rings. The fourth-order valence-electron chi connectivity index (χ4n) is 2.21. The molecule has 0 heterocycles. The number of aryl methyl sites for hydroxylation is 1. The first-order valence-corrected chi connectivity index (χ1v) is 9.11. The van der Waals surface area contributed by atoms with Crippen LogP contribution in [-0.4, -0.2) is 22.2 Å². The van der Waals surface area contributed by atoms with Crippen LogP contribution in [0.5, 0.6) is 17.2 Å². The Balaban J connectivity index is 0.00000151. The highest BCUT2D eigenvalue weighted by molar-refractivity contribution is 14.1. The number of phenolic OH excluding ortho intramolecular Hbond substituents is 1. The highest BCUT2D eigenvalue weighted by atomic mass is 127. The third-order valence-corrected chi connectivity index (χ3v) is 4.33. The van der Waals surface area contributed by atoms with Crippen molar-refractivity contribution in [2.75, 3.05) is 0 Å². The first kappa shape index (κ1) is 21.2. The van der Waals surface area contributed by atoms with Crippen molar-refractivity contribution in [3.63, 3.8) is 0 Å². The number of hydrogen-bond acceptors (Lipinski definition) is 4. The van der Waals surface area contributed by atoms with Crippen molar-refractivity contribution in [3.8, 4) is 17.2 Å². The summed E-state index contributed by atoms with van der Waals surface area (Å²) in [5.74, 6) is 0.431. The lowest BCUT2D eigenvalue weighted by Crippen LogP contribution is -2.32. The molecule has 0 unspecified atom stereocenters. The summed E-state index contributed by atoms with van der Waals surface area (Å²) in [4.78, 5) is 10.9. The van der Waals surface area contributed by atoms with Crippen LogP contribution in [0.3, 0.4) is 0 Å². The predicted molar refractivity (Wildman–Crippen MR) is 107 cm³/mol. The molecule has 4 N–H and O–H groups in total. The molecular weight excluding hydrogens is 433 g/mol. The maximum absolute atomic E-state index is 10.9. The summed E-state index contributed by atoms with van der Waals surface area (Å²) in [5.41, 5.74) is 7.98. The Hall–Kier alpha value is -1.80. The fraction of sp³-hybridized carbons (Fsp3) is 0.316. The van der Waals surface area contributed by atoms with E-state index in [2.05, 4.69) is 22.6 Å². The van der Waals surface area contributed by atoms with Crippen LogP contribution < -0.4 is 10.5 Å². The number of hydrogen-bond donors (Lipinski definition) is 3. The van der Waals surface area contributed by atoms with Crippen LogP contribution >= 0.6 is 22.6 Å². The van der Waals surface area contributed by atoms with E-state index in [-0.39, 0.29) is 12.2 Å². The van der Waals surface area contributed by atoms with Gasteiger partial charge in [-0.3, -0.25) is 4.79 Å². The van der Waals surface area contributed by atoms with Gasteiger partial charge >= 0.3 is 5.97 Å². The molecule has 0 spiro atoms. The molecule has 0 radical (unpaired) electrons. The van der Waals surface area contributed by atoms with Crippen LogP contribution in [0.2, 0.25) is 0 Å². The lowest BCUT2D eigenvalue weighted by atomic mass is 10.0. The zero-order chi connectivity index (χ0) is 19.1. The van der Waals surface area contributed by atoms with E-state index in [9.17, 15) is 9.90 Å². The maximum atomic E-state index is 10.9. The van der Waals surface area contributed by atoms with Gasteiger partial charge in [-0.25, -0.2) is 0 Å². The molecule has 6 heteroatoms. The molecule has 0 fully saturated rings. The van der Waals surface area contributed by atoms with Crippen LogP contribution in [0.25, 0.3) is 0 Å². The third-order valence-electron chi connectivity index (χ3n) is 3.53. The van der Waals surface area contributed by atoms with E-state index in [0.29, 0.717) is 17.1 Å². The Kier molecular flexibility index (Phi) is 8.18. The fourth-order valence-corrected chi connectivity index (χ4v) is 3.15. The van der Waals surface area contributed by atoms with E-state index in [0.717, 1.165) is 14.7 Å². The molecule has 2 rings (SSSR count). The van der Waals surface area contributed by atoms with Gasteiger partial charge < -0.3 is 20.7 Å². The molecule has 0 saturated carbocycles. The number of carbonyl (C=O) groups is 1. The number of aliphatic carboxylic acids is 1. The second kappa shape index (κ2) is 9.62. The Morgan fingerprint density at radius 3 is 2.48 bits per heavy atom. The van der Waals surface area contributed by atoms with E-state index in [1.807, 2.05) is 32.9 Å². The quantitative estimate of drug-likeness (QED) is 0.580. The number of aromatic hydroxyl groups is 1. The summed E-state index contributed by atoms with van der Waals surface area (Å²) < 4.78 is 6.80. The van der Waals surface area contributed by atoms with Crippen molar-refractivity contribution in [3.05, 3.63) is 50.6 Å². The van der Waals surface area contributed by atoms with Gasteiger partial charge in [0.2, 0.25) is 0 Å². The van der Waals surface area contributed by atoms with E-state index >= 15 is 0 Å². The van der Waals surface area contributed by atoms with Gasteiger partial charge in [-0.05, 0) is 72.2 Å². The minimum atomic E-state index is -1.02. The van der Waals surface area contributed by atoms with Gasteiger partial charge in [-0.2, -0.15) is 0 Å². The molecule has 25 heavy (non-hydrogen) atoms. The molecule has 136 valence electrons. The summed E-state index contributed by atoms with van der Waals surface area (Å²) in [6, 6.07) is 7.93. The number of carboxylic acids is 1. The average molecular weight is 457 g/mol. The van der Waals surface area contributed by atoms with Crippen LogP contribution in [0.4, 0.5) is 0 Å². The number of carboxylic acid groups (broad SMARTS) is 1. The molecule has 0 aliphatic carbocycles. The number of ether oxygens (including phenoxy) is 1. The zero-order valence-electron chi connectivity index (χ0n) is 14.8. The number of phenols is 1. The topological polar surface area (TPSA) is 92.8 Å². The van der Waals surface area contributed by atoms with Crippen molar-refractivity contribution in [2.45, 2.75) is 40.2 Å². The van der Waals surface area contributed by atoms with Crippen molar-refractivity contribution in [1.29, 1.82) is 0 Å². The summed E-state index contributed by atoms with van der Waals surface area (Å²) >= 11 is 2.15. The summed E-state index contributed by atoms with van der Waals surface area (Å²) in [5, 5.41) is 18.7. The van der Waals surface area contributed by atoms with E-state index in [4.69, 9.17) is 15.6 Å². The third kappa shape index (κ3) is 5.61. The molecule has 0 aromatic heterocycles. The summed E-state index contributed by atoms with van der Waals surface area (Å²) in [7, 11) is 0. The molecule has 0 saturated heterocycles. The molecule has 0 bridgehead atoms. The van der Waals surface area contributed by atoms with Crippen LogP contribution in [0.15, 0.2) is 30.3 Å². The van der Waals surface area contributed by atoms with Gasteiger partial charge in [-0.1, -0.05) is 26.0 Å². The second-order valence-electron chi connectivity index (χ2n) is 5.37. The van der Waals surface area contributed by atoms with E-state index in [1.165, 1.54) is 0 Å². The molecule has 5 nitrogen and oxygen atoms in total. The second-order valence-corrected chi connectivity index (χ2v) is 6.54. The van der Waals surface area contributed by atoms with E-state index < -0.39 is 12.0 Å². The van der Waals surface area contributed by atoms with Gasteiger partial charge in [-0.15, -0.1) is 0 Å². The monoisotopic (exact) mass is 457 g/mol. The minimum Gasteiger partial charge on any atom is -0.508 e. The number of halogens is 1. The van der Waals surface area contributed by atoms with Gasteiger partial charge in [0.25, 0.3) is 0 Å². The smallest absolute Gasteiger partial charge is 0.320 e. The standard InChI is InChI=1S/C17H18INO4.C2H6/c1-9-6-11(8-13(19)17(21)22)7-12(18)16(9)23-15-5-3-4-14(20)10(15)2;1-2/h3-7,13,20H,8,19H2,1-2H3,(H,21,22);1-2H3/t13-;/m1./s1. The molecule has 1 atom stereocenters. The Bertz CT molecular complexity index is 723. The van der Waals surface area contributed by atoms with Gasteiger partial charge in [0.1, 0.15) is 23.3 Å². The average Bonchev–Trinajstić information content (AvgIpc) is 2.56. The molecular formula is C19H24INO4. The highest BCUT2D eigenvalue weighted by Crippen LogP contribution is 2.35. The van der Waals surface area contributed by atoms with Crippen LogP contribution in [-0.2, 0) is 11.2 Å². The van der Waals surface area contributed by atoms with Gasteiger partial charge in [0.15, 0.2) is 0 Å². The van der Waals surface area contributed by atoms with E-state index in [1.54, 1.807) is 25.1 Å². The number of benzene rings is 2. The lowest BCUT2D eigenvalue weighted by molar-refractivity contribution is -0.138. The normalized spacial score (nSPS) is 11.3. The lowest BCUT2D eigenvalue weighted by Gasteiger charge is -2.15. The predicted octanol–water partition coefficient (Wildman–Crippen LogP) is 4.39. The Labute approximate surface area is 162 Å². The zero-order valence-corrected chi connectivity index (χ0v) is 17.0. The maximum Gasteiger partial charge on any atom is 0.320 e. The van der Waals surface area contributed by atoms with Crippen LogP contribution in [0.1, 0.15) is 30.5 Å². The van der Waals surface area contributed by atoms with Gasteiger partial charge in [0, 0.05) is 5.56 Å². The summed E-state index contributed by atoms with van der Waals surface area (Å²) in [6.45, 7) is 7.68. The van der Waals surface area contributed by atoms with Crippen molar-refractivity contribution < 1.29 is 19.7 Å². The molecule has 0 aliphatic heterocycles. The van der Waals surface area contributed by atoms with Crippen molar-refractivity contribution in [1.82, 2.24) is 0 Å². The first-order chi connectivity index (χ1) is 11.8. The van der Waals surface area contributed by atoms with Crippen molar-refractivity contribution >= 4 is 28.6 Å². The molecule has 2 aromatic carbocycles.